The average molecular weight is 685 g/mol. The van der Waals surface area contributed by atoms with Crippen LogP contribution in [0.4, 0.5) is 38.1 Å². The average Bonchev–Trinajstić information content (AvgIpc) is 3.40. The summed E-state index contributed by atoms with van der Waals surface area (Å²) >= 11 is -0.241. The first kappa shape index (κ1) is 33.9. The predicted molar refractivity (Wildman–Crippen MR) is 169 cm³/mol. The van der Waals surface area contributed by atoms with E-state index in [1.165, 1.54) is 59.3 Å². The Labute approximate surface area is 273 Å². The van der Waals surface area contributed by atoms with E-state index >= 15 is 0 Å². The topological polar surface area (TPSA) is 125 Å². The molecule has 0 aliphatic heterocycles. The number of nitrogens with one attached hydrogen (secondary N) is 2. The lowest BCUT2D eigenvalue weighted by Crippen LogP contribution is -2.20. The Kier molecular flexibility index (Phi) is 10.3. The fraction of sp³-hybridized carbons (Fsp3) is 0.121. The van der Waals surface area contributed by atoms with Gasteiger partial charge >= 0.3 is 17.5 Å². The van der Waals surface area contributed by atoms with Gasteiger partial charge in [-0.3, -0.25) is 14.2 Å². The molecule has 4 N–H and O–H groups in total. The van der Waals surface area contributed by atoms with Crippen molar-refractivity contribution >= 4 is 51.9 Å². The fourth-order valence-electron chi connectivity index (χ4n) is 4.59. The zero-order valence-corrected chi connectivity index (χ0v) is 25.5. The molecule has 1 heterocycles. The fourth-order valence-corrected chi connectivity index (χ4v) is 5.13. The number of rotatable bonds is 10. The van der Waals surface area contributed by atoms with Crippen LogP contribution in [0.5, 0.6) is 5.75 Å². The monoisotopic (exact) mass is 684 g/mol. The highest BCUT2D eigenvalue weighted by Gasteiger charge is 2.29. The van der Waals surface area contributed by atoms with Crippen LogP contribution in [-0.2, 0) is 22.7 Å². The van der Waals surface area contributed by atoms with Crippen molar-refractivity contribution in [2.45, 2.75) is 23.6 Å². The number of carbonyl (C=O) groups is 3. The van der Waals surface area contributed by atoms with Crippen molar-refractivity contribution in [3.63, 3.8) is 0 Å². The summed E-state index contributed by atoms with van der Waals surface area (Å²) in [5.74, 6) is -2.61. The lowest BCUT2D eigenvalue weighted by Gasteiger charge is -2.11. The van der Waals surface area contributed by atoms with Crippen LogP contribution < -0.4 is 21.1 Å². The summed E-state index contributed by atoms with van der Waals surface area (Å²) in [5, 5.41) is 5.05. The Hall–Kier alpha value is -5.41. The van der Waals surface area contributed by atoms with Crippen LogP contribution in [-0.4, -0.2) is 34.5 Å². The third-order valence-corrected chi connectivity index (χ3v) is 7.53. The number of thioether (sulfide) groups is 1. The second-order valence-electron chi connectivity index (χ2n) is 10.1. The Bertz CT molecular complexity index is 1980. The number of benzene rings is 4. The summed E-state index contributed by atoms with van der Waals surface area (Å²) in [5.41, 5.74) is 2.08. The van der Waals surface area contributed by atoms with E-state index in [2.05, 4.69) is 10.6 Å². The van der Waals surface area contributed by atoms with Crippen molar-refractivity contribution < 1.29 is 45.8 Å². The van der Waals surface area contributed by atoms with Gasteiger partial charge in [0.2, 0.25) is 0 Å². The molecule has 0 bridgehead atoms. The molecule has 0 aliphatic carbocycles. The number of urea groups is 1. The first-order chi connectivity index (χ1) is 22.9. The molecule has 0 fully saturated rings. The molecule has 15 heteroatoms. The van der Waals surface area contributed by atoms with Crippen molar-refractivity contribution in [3.8, 4) is 5.75 Å². The van der Waals surface area contributed by atoms with Gasteiger partial charge in [-0.2, -0.15) is 13.2 Å². The van der Waals surface area contributed by atoms with Gasteiger partial charge in [-0.1, -0.05) is 30.3 Å². The Balaban J connectivity index is 1.28. The van der Waals surface area contributed by atoms with Crippen LogP contribution in [0.2, 0.25) is 0 Å². The molecule has 9 nitrogen and oxygen atoms in total. The van der Waals surface area contributed by atoms with Gasteiger partial charge in [0.15, 0.2) is 0 Å². The van der Waals surface area contributed by atoms with E-state index in [1.54, 1.807) is 18.2 Å². The number of carbonyl (C=O) groups excluding carboxylic acids is 3. The summed E-state index contributed by atoms with van der Waals surface area (Å²) in [6.45, 7) is -0.602. The zero-order chi connectivity index (χ0) is 34.4. The molecular weight excluding hydrogens is 659 g/mol. The summed E-state index contributed by atoms with van der Waals surface area (Å²) in [4.78, 5) is 38.1. The molecule has 1 aromatic heterocycles. The standard InChI is InChI=1S/C33H25F5N4O5S/c34-21-7-12-29-25(13-21)28(16-42(29)31(44)24-4-2-1-3-20(24)18-47-30(43)15-39)41-32(45)40-27-11-8-22(14-26(27)35)46-17-19-5-9-23(10-6-19)48-33(36,37)38/h1-14,16H,15,17-18,39H2,(H2,40,41,45). The van der Waals surface area contributed by atoms with E-state index in [0.717, 1.165) is 18.2 Å². The number of nitrogens with zero attached hydrogens (tertiary/aromatic N) is 1. The maximum atomic E-state index is 14.9. The molecule has 48 heavy (non-hydrogen) atoms. The predicted octanol–water partition coefficient (Wildman–Crippen LogP) is 7.44. The van der Waals surface area contributed by atoms with E-state index < -0.39 is 35.1 Å². The quantitative estimate of drug-likeness (QED) is 0.0793. The van der Waals surface area contributed by atoms with Crippen LogP contribution >= 0.6 is 11.8 Å². The van der Waals surface area contributed by atoms with Crippen LogP contribution in [0.1, 0.15) is 21.5 Å². The minimum Gasteiger partial charge on any atom is -0.489 e. The van der Waals surface area contributed by atoms with Gasteiger partial charge in [0.1, 0.15) is 30.6 Å². The lowest BCUT2D eigenvalue weighted by molar-refractivity contribution is -0.143. The first-order valence-corrected chi connectivity index (χ1v) is 14.9. The molecule has 0 aliphatic rings. The maximum Gasteiger partial charge on any atom is 0.446 e. The number of alkyl halides is 3. The third kappa shape index (κ3) is 8.49. The summed E-state index contributed by atoms with van der Waals surface area (Å²) in [6, 6.07) is 18.3. The van der Waals surface area contributed by atoms with Crippen LogP contribution in [0.15, 0.2) is 96.0 Å². The SMILES string of the molecule is NCC(=O)OCc1ccccc1C(=O)n1cc(NC(=O)Nc2ccc(OCc3ccc(SC(F)(F)F)cc3)cc2F)c2cc(F)ccc21. The van der Waals surface area contributed by atoms with Crippen molar-refractivity contribution in [2.75, 3.05) is 17.2 Å². The highest BCUT2D eigenvalue weighted by molar-refractivity contribution is 8.00. The van der Waals surface area contributed by atoms with Crippen molar-refractivity contribution in [1.29, 1.82) is 0 Å². The minimum absolute atomic E-state index is 0.0144. The van der Waals surface area contributed by atoms with Crippen LogP contribution in [0, 0.1) is 11.6 Å². The van der Waals surface area contributed by atoms with Crippen molar-refractivity contribution in [1.82, 2.24) is 4.57 Å². The molecule has 5 rings (SSSR count). The number of esters is 1. The molecule has 0 spiro atoms. The maximum absolute atomic E-state index is 14.9. The molecular formula is C33H25F5N4O5S. The number of hydrogen-bond donors (Lipinski definition) is 3. The summed E-state index contributed by atoms with van der Waals surface area (Å²) < 4.78 is 78.6. The van der Waals surface area contributed by atoms with E-state index in [-0.39, 0.29) is 70.0 Å². The summed E-state index contributed by atoms with van der Waals surface area (Å²) in [7, 11) is 0. The number of fused-ring (bicyclic) bond motifs is 1. The van der Waals surface area contributed by atoms with Gasteiger partial charge in [-0.05, 0) is 65.9 Å². The third-order valence-electron chi connectivity index (χ3n) is 6.79. The molecule has 0 unspecified atom stereocenters. The van der Waals surface area contributed by atoms with Crippen molar-refractivity contribution in [3.05, 3.63) is 119 Å². The second kappa shape index (κ2) is 14.6. The Morgan fingerprint density at radius 3 is 2.29 bits per heavy atom. The van der Waals surface area contributed by atoms with E-state index in [1.807, 2.05) is 0 Å². The highest BCUT2D eigenvalue weighted by atomic mass is 32.2. The second-order valence-corrected chi connectivity index (χ2v) is 11.2. The van der Waals surface area contributed by atoms with Gasteiger partial charge in [0, 0.05) is 33.7 Å². The number of aromatic nitrogens is 1. The number of hydrogen-bond acceptors (Lipinski definition) is 7. The van der Waals surface area contributed by atoms with Gasteiger partial charge in [-0.25, -0.2) is 13.6 Å². The molecule has 0 atom stereocenters. The number of anilines is 2. The van der Waals surface area contributed by atoms with Crippen molar-refractivity contribution in [2.24, 2.45) is 5.73 Å². The Morgan fingerprint density at radius 2 is 1.58 bits per heavy atom. The number of halogens is 5. The molecule has 248 valence electrons. The molecule has 0 radical (unpaired) electrons. The summed E-state index contributed by atoms with van der Waals surface area (Å²) in [6.07, 6.45) is 1.29. The smallest absolute Gasteiger partial charge is 0.446 e. The molecule has 0 saturated carbocycles. The van der Waals surface area contributed by atoms with E-state index in [4.69, 9.17) is 15.2 Å². The lowest BCUT2D eigenvalue weighted by atomic mass is 10.1. The highest BCUT2D eigenvalue weighted by Crippen LogP contribution is 2.37. The molecule has 0 saturated heterocycles. The first-order valence-electron chi connectivity index (χ1n) is 14.0. The number of ether oxygens (including phenoxy) is 2. The minimum atomic E-state index is -4.41. The largest absolute Gasteiger partial charge is 0.489 e. The van der Waals surface area contributed by atoms with Gasteiger partial charge < -0.3 is 25.8 Å². The molecule has 4 aromatic carbocycles. The zero-order valence-electron chi connectivity index (χ0n) is 24.6. The number of amides is 2. The van der Waals surface area contributed by atoms with Gasteiger partial charge in [-0.15, -0.1) is 0 Å². The molecule has 5 aromatic rings. The van der Waals surface area contributed by atoms with E-state index in [0.29, 0.717) is 11.1 Å². The molecule has 2 amide bonds. The van der Waals surface area contributed by atoms with Gasteiger partial charge in [0.05, 0.1) is 23.4 Å². The van der Waals surface area contributed by atoms with Crippen LogP contribution in [0.25, 0.3) is 10.9 Å². The van der Waals surface area contributed by atoms with Crippen LogP contribution in [0.3, 0.4) is 0 Å². The number of nitrogens with two attached hydrogens (primary N) is 1. The Morgan fingerprint density at radius 1 is 0.854 bits per heavy atom. The van der Waals surface area contributed by atoms with E-state index in [9.17, 15) is 36.3 Å². The normalized spacial score (nSPS) is 11.3. The van der Waals surface area contributed by atoms with Gasteiger partial charge in [0.25, 0.3) is 5.91 Å².